The summed E-state index contributed by atoms with van der Waals surface area (Å²) >= 11 is 0. The number of rotatable bonds is 7. The van der Waals surface area contributed by atoms with Crippen molar-refractivity contribution in [2.45, 2.75) is 38.6 Å². The number of carbonyl (C=O) groups is 1. The number of para-hydroxylation sites is 1. The van der Waals surface area contributed by atoms with E-state index in [1.54, 1.807) is 6.07 Å². The Labute approximate surface area is 123 Å². The Morgan fingerprint density at radius 2 is 2.24 bits per heavy atom. The number of benzene rings is 1. The zero-order valence-electron chi connectivity index (χ0n) is 12.0. The molecule has 0 saturated heterocycles. The summed E-state index contributed by atoms with van der Waals surface area (Å²) < 4.78 is 0. The lowest BCUT2D eigenvalue weighted by Gasteiger charge is -2.17. The second-order valence-corrected chi connectivity index (χ2v) is 5.36. The van der Waals surface area contributed by atoms with Crippen molar-refractivity contribution >= 4 is 17.3 Å². The summed E-state index contributed by atoms with van der Waals surface area (Å²) in [6.45, 7) is 2.00. The van der Waals surface area contributed by atoms with E-state index in [-0.39, 0.29) is 23.0 Å². The number of nitrogens with zero attached hydrogens (tertiary/aromatic N) is 1. The number of carbonyl (C=O) groups excluding carboxylic acids is 1. The predicted octanol–water partition coefficient (Wildman–Crippen LogP) is 2.19. The number of amides is 1. The Kier molecular flexibility index (Phi) is 4.74. The first kappa shape index (κ1) is 15.2. The van der Waals surface area contributed by atoms with Crippen molar-refractivity contribution in [2.75, 3.05) is 5.43 Å². The number of nitro groups is 1. The van der Waals surface area contributed by atoms with Gasteiger partial charge in [0.15, 0.2) is 0 Å². The molecule has 1 aromatic rings. The SMILES string of the molecule is CCC(CC1CC1)NC(=O)c1cccc(NN)c1[N+](=O)[O-]. The lowest BCUT2D eigenvalue weighted by Crippen LogP contribution is -2.35. The monoisotopic (exact) mass is 292 g/mol. The van der Waals surface area contributed by atoms with Gasteiger partial charge in [0.1, 0.15) is 11.3 Å². The van der Waals surface area contributed by atoms with Gasteiger partial charge in [0.25, 0.3) is 5.91 Å². The molecule has 1 aromatic carbocycles. The Hall–Kier alpha value is -2.15. The molecular formula is C14H20N4O3. The molecule has 1 atom stereocenters. The molecule has 0 aromatic heterocycles. The Morgan fingerprint density at radius 3 is 2.76 bits per heavy atom. The van der Waals surface area contributed by atoms with Gasteiger partial charge >= 0.3 is 5.69 Å². The van der Waals surface area contributed by atoms with E-state index in [1.807, 2.05) is 6.92 Å². The predicted molar refractivity (Wildman–Crippen MR) is 79.8 cm³/mol. The van der Waals surface area contributed by atoms with Crippen molar-refractivity contribution in [2.24, 2.45) is 11.8 Å². The lowest BCUT2D eigenvalue weighted by atomic mass is 10.1. The molecule has 2 rings (SSSR count). The van der Waals surface area contributed by atoms with Gasteiger partial charge in [-0.3, -0.25) is 20.8 Å². The fraction of sp³-hybridized carbons (Fsp3) is 0.500. The number of nitro benzene ring substituents is 1. The lowest BCUT2D eigenvalue weighted by molar-refractivity contribution is -0.384. The molecule has 21 heavy (non-hydrogen) atoms. The first-order valence-electron chi connectivity index (χ1n) is 7.11. The largest absolute Gasteiger partial charge is 0.349 e. The van der Waals surface area contributed by atoms with Gasteiger partial charge in [0.05, 0.1) is 4.92 Å². The number of nitrogens with one attached hydrogen (secondary N) is 2. The zero-order valence-corrected chi connectivity index (χ0v) is 12.0. The Balaban J connectivity index is 2.19. The highest BCUT2D eigenvalue weighted by Crippen LogP contribution is 2.34. The quantitative estimate of drug-likeness (QED) is 0.405. The number of nitrogens with two attached hydrogens (primary N) is 1. The number of hydrogen-bond acceptors (Lipinski definition) is 5. The fourth-order valence-corrected chi connectivity index (χ4v) is 2.39. The molecule has 1 amide bonds. The number of hydrazine groups is 1. The maximum Gasteiger partial charge on any atom is 0.306 e. The van der Waals surface area contributed by atoms with Gasteiger partial charge in [-0.2, -0.15) is 0 Å². The molecule has 0 aliphatic heterocycles. The Bertz CT molecular complexity index is 543. The molecule has 4 N–H and O–H groups in total. The van der Waals surface area contributed by atoms with E-state index >= 15 is 0 Å². The molecule has 0 bridgehead atoms. The highest BCUT2D eigenvalue weighted by atomic mass is 16.6. The van der Waals surface area contributed by atoms with Gasteiger partial charge in [-0.25, -0.2) is 0 Å². The second kappa shape index (κ2) is 6.53. The normalized spacial score (nSPS) is 15.3. The molecule has 1 aliphatic rings. The minimum atomic E-state index is -0.591. The minimum absolute atomic E-state index is 0.0321. The zero-order chi connectivity index (χ0) is 15.4. The van der Waals surface area contributed by atoms with Crippen molar-refractivity contribution in [3.63, 3.8) is 0 Å². The highest BCUT2D eigenvalue weighted by Gasteiger charge is 2.28. The standard InChI is InChI=1S/C14H20N4O3/c1-2-10(8-9-6-7-9)16-14(19)11-4-3-5-12(17-15)13(11)18(20)21/h3-5,9-10,17H,2,6-8,15H2,1H3,(H,16,19). The van der Waals surface area contributed by atoms with Gasteiger partial charge in [-0.05, 0) is 30.9 Å². The summed E-state index contributed by atoms with van der Waals surface area (Å²) in [5.74, 6) is 5.53. The summed E-state index contributed by atoms with van der Waals surface area (Å²) in [4.78, 5) is 22.9. The third-order valence-electron chi connectivity index (χ3n) is 3.76. The first-order valence-corrected chi connectivity index (χ1v) is 7.11. The molecule has 0 heterocycles. The van der Waals surface area contributed by atoms with E-state index in [1.165, 1.54) is 25.0 Å². The van der Waals surface area contributed by atoms with Gasteiger partial charge in [-0.1, -0.05) is 25.8 Å². The Morgan fingerprint density at radius 1 is 1.52 bits per heavy atom. The van der Waals surface area contributed by atoms with Crippen LogP contribution in [0.2, 0.25) is 0 Å². The van der Waals surface area contributed by atoms with Crippen LogP contribution in [0.4, 0.5) is 11.4 Å². The average Bonchev–Trinajstić information content (AvgIpc) is 3.29. The summed E-state index contributed by atoms with van der Waals surface area (Å²) in [5.41, 5.74) is 2.13. The van der Waals surface area contributed by atoms with Crippen molar-refractivity contribution < 1.29 is 9.72 Å². The fourth-order valence-electron chi connectivity index (χ4n) is 2.39. The number of nitrogen functional groups attached to an aromatic ring is 1. The van der Waals surface area contributed by atoms with Crippen LogP contribution in [0.5, 0.6) is 0 Å². The van der Waals surface area contributed by atoms with Crippen LogP contribution in [0, 0.1) is 16.0 Å². The van der Waals surface area contributed by atoms with E-state index in [4.69, 9.17) is 5.84 Å². The van der Waals surface area contributed by atoms with Gasteiger partial charge in [0.2, 0.25) is 0 Å². The second-order valence-electron chi connectivity index (χ2n) is 5.36. The average molecular weight is 292 g/mol. The third-order valence-corrected chi connectivity index (χ3v) is 3.76. The number of hydrogen-bond donors (Lipinski definition) is 3. The maximum atomic E-state index is 12.3. The summed E-state index contributed by atoms with van der Waals surface area (Å²) in [6.07, 6.45) is 4.16. The van der Waals surface area contributed by atoms with Crippen LogP contribution < -0.4 is 16.6 Å². The molecular weight excluding hydrogens is 272 g/mol. The first-order chi connectivity index (χ1) is 10.1. The molecule has 1 fully saturated rings. The number of anilines is 1. The van der Waals surface area contributed by atoms with E-state index in [0.29, 0.717) is 5.92 Å². The van der Waals surface area contributed by atoms with Crippen LogP contribution in [0.15, 0.2) is 18.2 Å². The maximum absolute atomic E-state index is 12.3. The molecule has 7 heteroatoms. The molecule has 1 unspecified atom stereocenters. The van der Waals surface area contributed by atoms with Gasteiger partial charge < -0.3 is 10.7 Å². The molecule has 7 nitrogen and oxygen atoms in total. The molecule has 114 valence electrons. The molecule has 0 radical (unpaired) electrons. The van der Waals surface area contributed by atoms with Crippen LogP contribution >= 0.6 is 0 Å². The van der Waals surface area contributed by atoms with Crippen molar-refractivity contribution in [3.05, 3.63) is 33.9 Å². The molecule has 0 spiro atoms. The topological polar surface area (TPSA) is 110 Å². The summed E-state index contributed by atoms with van der Waals surface area (Å²) in [5, 5.41) is 14.1. The van der Waals surface area contributed by atoms with Crippen LogP contribution in [0.25, 0.3) is 0 Å². The van der Waals surface area contributed by atoms with E-state index in [9.17, 15) is 14.9 Å². The smallest absolute Gasteiger partial charge is 0.306 e. The third kappa shape index (κ3) is 3.69. The van der Waals surface area contributed by atoms with Gasteiger partial charge in [0, 0.05) is 6.04 Å². The van der Waals surface area contributed by atoms with E-state index < -0.39 is 10.8 Å². The highest BCUT2D eigenvalue weighted by molar-refractivity contribution is 6.00. The van der Waals surface area contributed by atoms with E-state index in [2.05, 4.69) is 10.7 Å². The van der Waals surface area contributed by atoms with Crippen LogP contribution in [-0.2, 0) is 0 Å². The summed E-state index contributed by atoms with van der Waals surface area (Å²) in [7, 11) is 0. The van der Waals surface area contributed by atoms with Crippen molar-refractivity contribution in [1.29, 1.82) is 0 Å². The van der Waals surface area contributed by atoms with Gasteiger partial charge in [-0.15, -0.1) is 0 Å². The summed E-state index contributed by atoms with van der Waals surface area (Å²) in [6, 6.07) is 4.53. The van der Waals surface area contributed by atoms with Crippen LogP contribution in [0.3, 0.4) is 0 Å². The van der Waals surface area contributed by atoms with Crippen LogP contribution in [-0.4, -0.2) is 16.9 Å². The molecule has 1 saturated carbocycles. The molecule has 1 aliphatic carbocycles. The van der Waals surface area contributed by atoms with Crippen LogP contribution in [0.1, 0.15) is 43.0 Å². The van der Waals surface area contributed by atoms with E-state index in [0.717, 1.165) is 12.8 Å². The van der Waals surface area contributed by atoms with Crippen molar-refractivity contribution in [1.82, 2.24) is 5.32 Å². The van der Waals surface area contributed by atoms with Crippen molar-refractivity contribution in [3.8, 4) is 0 Å². The minimum Gasteiger partial charge on any atom is -0.349 e.